The number of alkyl halides is 3. The van der Waals surface area contributed by atoms with E-state index in [0.29, 0.717) is 0 Å². The zero-order valence-corrected chi connectivity index (χ0v) is 13.4. The van der Waals surface area contributed by atoms with Crippen LogP contribution in [0.3, 0.4) is 0 Å². The van der Waals surface area contributed by atoms with Crippen molar-refractivity contribution in [3.05, 3.63) is 59.7 Å². The van der Waals surface area contributed by atoms with Crippen molar-refractivity contribution in [3.63, 3.8) is 0 Å². The Kier molecular flexibility index (Phi) is 5.61. The maximum atomic E-state index is 12.5. The maximum Gasteiger partial charge on any atom is 0.416 e. The van der Waals surface area contributed by atoms with Crippen LogP contribution in [-0.4, -0.2) is 24.9 Å². The average Bonchev–Trinajstić information content (AvgIpc) is 2.61. The van der Waals surface area contributed by atoms with E-state index in [1.807, 2.05) is 0 Å². The summed E-state index contributed by atoms with van der Waals surface area (Å²) in [6.45, 7) is 0. The van der Waals surface area contributed by atoms with E-state index in [9.17, 15) is 27.6 Å². The fourth-order valence-corrected chi connectivity index (χ4v) is 1.99. The number of carbonyl (C=O) groups is 3. The lowest BCUT2D eigenvalue weighted by molar-refractivity contribution is -0.137. The number of hydrogen-bond donors (Lipinski definition) is 2. The summed E-state index contributed by atoms with van der Waals surface area (Å²) in [5.41, 5.74) is -0.760. The van der Waals surface area contributed by atoms with Crippen molar-refractivity contribution in [2.45, 2.75) is 6.18 Å². The number of hydrogen-bond acceptors (Lipinski definition) is 4. The van der Waals surface area contributed by atoms with Crippen LogP contribution in [0.1, 0.15) is 15.9 Å². The molecular weight excluding hydrogens is 353 g/mol. The third-order valence-electron chi connectivity index (χ3n) is 3.26. The molecule has 0 aromatic heterocycles. The van der Waals surface area contributed by atoms with Crippen molar-refractivity contribution in [2.24, 2.45) is 0 Å². The van der Waals surface area contributed by atoms with Gasteiger partial charge in [0.25, 0.3) is 0 Å². The van der Waals surface area contributed by atoms with Crippen LogP contribution in [0.15, 0.2) is 48.5 Å². The number of rotatable bonds is 3. The van der Waals surface area contributed by atoms with Crippen LogP contribution in [0.5, 0.6) is 0 Å². The molecule has 0 fully saturated rings. The normalized spacial score (nSPS) is 10.8. The molecule has 2 rings (SSSR count). The molecule has 0 aliphatic rings. The second-order valence-electron chi connectivity index (χ2n) is 5.02. The van der Waals surface area contributed by atoms with Crippen LogP contribution in [0.4, 0.5) is 24.5 Å². The lowest BCUT2D eigenvalue weighted by Gasteiger charge is -2.10. The van der Waals surface area contributed by atoms with E-state index in [1.54, 1.807) is 6.07 Å². The predicted octanol–water partition coefficient (Wildman–Crippen LogP) is 3.07. The highest BCUT2D eigenvalue weighted by atomic mass is 19.4. The van der Waals surface area contributed by atoms with Gasteiger partial charge < -0.3 is 15.4 Å². The topological polar surface area (TPSA) is 84.5 Å². The van der Waals surface area contributed by atoms with Gasteiger partial charge in [0, 0.05) is 5.69 Å². The highest BCUT2D eigenvalue weighted by Gasteiger charge is 2.30. The zero-order chi connectivity index (χ0) is 19.3. The Hall–Kier alpha value is -3.36. The molecule has 136 valence electrons. The van der Waals surface area contributed by atoms with Crippen molar-refractivity contribution in [1.29, 1.82) is 0 Å². The number of carbonyl (C=O) groups excluding carboxylic acids is 3. The Bertz CT molecular complexity index is 833. The summed E-state index contributed by atoms with van der Waals surface area (Å²) in [4.78, 5) is 35.5. The van der Waals surface area contributed by atoms with Crippen LogP contribution >= 0.6 is 0 Å². The first kappa shape index (κ1) is 19.0. The van der Waals surface area contributed by atoms with Crippen molar-refractivity contribution in [1.82, 2.24) is 0 Å². The largest absolute Gasteiger partial charge is 0.465 e. The highest BCUT2D eigenvalue weighted by molar-refractivity contribution is 6.43. The highest BCUT2D eigenvalue weighted by Crippen LogP contribution is 2.29. The number of benzene rings is 2. The average molecular weight is 366 g/mol. The number of anilines is 2. The molecule has 0 aliphatic carbocycles. The molecule has 0 radical (unpaired) electrons. The molecule has 0 aliphatic heterocycles. The Morgan fingerprint density at radius 3 is 2.04 bits per heavy atom. The van der Waals surface area contributed by atoms with E-state index in [1.165, 1.54) is 18.2 Å². The van der Waals surface area contributed by atoms with Gasteiger partial charge in [-0.3, -0.25) is 9.59 Å². The molecule has 0 saturated carbocycles. The monoisotopic (exact) mass is 366 g/mol. The Morgan fingerprint density at radius 2 is 1.46 bits per heavy atom. The van der Waals surface area contributed by atoms with Crippen LogP contribution in [0, 0.1) is 0 Å². The van der Waals surface area contributed by atoms with Crippen LogP contribution in [-0.2, 0) is 20.5 Å². The maximum absolute atomic E-state index is 12.5. The van der Waals surface area contributed by atoms with Crippen LogP contribution in [0.2, 0.25) is 0 Å². The molecule has 0 saturated heterocycles. The number of esters is 1. The van der Waals surface area contributed by atoms with Crippen molar-refractivity contribution >= 4 is 29.2 Å². The Morgan fingerprint density at radius 1 is 0.885 bits per heavy atom. The SMILES string of the molecule is COC(=O)c1ccccc1NC(=O)C(=O)Nc1ccc(C(F)(F)F)cc1. The van der Waals surface area contributed by atoms with Crippen LogP contribution < -0.4 is 10.6 Å². The quantitative estimate of drug-likeness (QED) is 0.646. The Labute approximate surface area is 146 Å². The molecule has 2 aromatic carbocycles. The minimum atomic E-state index is -4.50. The van der Waals surface area contributed by atoms with E-state index in [2.05, 4.69) is 15.4 Å². The molecule has 0 spiro atoms. The van der Waals surface area contributed by atoms with Gasteiger partial charge in [-0.1, -0.05) is 12.1 Å². The third-order valence-corrected chi connectivity index (χ3v) is 3.26. The summed E-state index contributed by atoms with van der Waals surface area (Å²) in [7, 11) is 1.16. The molecule has 0 unspecified atom stereocenters. The van der Waals surface area contributed by atoms with Gasteiger partial charge in [0.2, 0.25) is 0 Å². The van der Waals surface area contributed by atoms with Gasteiger partial charge >= 0.3 is 24.0 Å². The van der Waals surface area contributed by atoms with E-state index in [-0.39, 0.29) is 16.9 Å². The van der Waals surface area contributed by atoms with E-state index in [4.69, 9.17) is 0 Å². The molecule has 2 N–H and O–H groups in total. The van der Waals surface area contributed by atoms with E-state index < -0.39 is 29.5 Å². The molecule has 9 heteroatoms. The predicted molar refractivity (Wildman–Crippen MR) is 86.5 cm³/mol. The second-order valence-corrected chi connectivity index (χ2v) is 5.02. The van der Waals surface area contributed by atoms with Gasteiger partial charge in [-0.25, -0.2) is 4.79 Å². The van der Waals surface area contributed by atoms with Crippen LogP contribution in [0.25, 0.3) is 0 Å². The summed E-state index contributed by atoms with van der Waals surface area (Å²) in [6.07, 6.45) is -4.50. The second kappa shape index (κ2) is 7.68. The minimum absolute atomic E-state index is 0.0133. The van der Waals surface area contributed by atoms with Gasteiger partial charge in [0.05, 0.1) is 23.9 Å². The van der Waals surface area contributed by atoms with Gasteiger partial charge in [0.15, 0.2) is 0 Å². The number of para-hydroxylation sites is 1. The lowest BCUT2D eigenvalue weighted by atomic mass is 10.1. The first-order chi connectivity index (χ1) is 12.2. The van der Waals surface area contributed by atoms with Gasteiger partial charge in [-0.05, 0) is 36.4 Å². The van der Waals surface area contributed by atoms with Gasteiger partial charge in [0.1, 0.15) is 0 Å². The standard InChI is InChI=1S/C17H13F3N2O4/c1-26-16(25)12-4-2-3-5-13(12)22-15(24)14(23)21-11-8-6-10(7-9-11)17(18,19)20/h2-9H,1H3,(H,21,23)(H,22,24). The number of halogens is 3. The fourth-order valence-electron chi connectivity index (χ4n) is 1.99. The molecule has 6 nitrogen and oxygen atoms in total. The summed E-state index contributed by atoms with van der Waals surface area (Å²) < 4.78 is 42.1. The van der Waals surface area contributed by atoms with Crippen molar-refractivity contribution in [3.8, 4) is 0 Å². The smallest absolute Gasteiger partial charge is 0.416 e. The van der Waals surface area contributed by atoms with Gasteiger partial charge in [-0.2, -0.15) is 13.2 Å². The number of methoxy groups -OCH3 is 1. The zero-order valence-electron chi connectivity index (χ0n) is 13.4. The summed E-state index contributed by atoms with van der Waals surface area (Å²) in [5.74, 6) is -2.91. The van der Waals surface area contributed by atoms with Gasteiger partial charge in [-0.15, -0.1) is 0 Å². The molecule has 0 atom stereocenters. The third kappa shape index (κ3) is 4.59. The molecular formula is C17H13F3N2O4. The number of nitrogens with one attached hydrogen (secondary N) is 2. The molecule has 0 bridgehead atoms. The molecule has 26 heavy (non-hydrogen) atoms. The molecule has 2 aromatic rings. The first-order valence-electron chi connectivity index (χ1n) is 7.19. The minimum Gasteiger partial charge on any atom is -0.465 e. The van der Waals surface area contributed by atoms with E-state index >= 15 is 0 Å². The van der Waals surface area contributed by atoms with E-state index in [0.717, 1.165) is 31.4 Å². The fraction of sp³-hybridized carbons (Fsp3) is 0.118. The first-order valence-corrected chi connectivity index (χ1v) is 7.19. The lowest BCUT2D eigenvalue weighted by Crippen LogP contribution is -2.29. The molecule has 0 heterocycles. The summed E-state index contributed by atoms with van der Waals surface area (Å²) in [6, 6.07) is 9.48. The Balaban J connectivity index is 2.07. The number of ether oxygens (including phenoxy) is 1. The summed E-state index contributed by atoms with van der Waals surface area (Å²) >= 11 is 0. The van der Waals surface area contributed by atoms with Crippen molar-refractivity contribution in [2.75, 3.05) is 17.7 Å². The number of amides is 2. The summed E-state index contributed by atoms with van der Waals surface area (Å²) in [5, 5.41) is 4.42. The van der Waals surface area contributed by atoms with Crippen molar-refractivity contribution < 1.29 is 32.3 Å². The molecule has 2 amide bonds.